The van der Waals surface area contributed by atoms with Crippen LogP contribution in [0.25, 0.3) is 0 Å². The molecule has 0 amide bonds. The van der Waals surface area contributed by atoms with Crippen molar-refractivity contribution in [1.82, 2.24) is 14.3 Å². The lowest BCUT2D eigenvalue weighted by molar-refractivity contribution is 0.577. The summed E-state index contributed by atoms with van der Waals surface area (Å²) in [6.45, 7) is 0.460. The maximum atomic E-state index is 12.1. The number of hydrogen-bond acceptors (Lipinski definition) is 4. The summed E-state index contributed by atoms with van der Waals surface area (Å²) in [5, 5.41) is 0. The van der Waals surface area contributed by atoms with Gasteiger partial charge in [-0.1, -0.05) is 12.1 Å². The molecule has 6 nitrogen and oxygen atoms in total. The standard InChI is InChI=1S/C12H16N4O2S/c1-16-6-5-14-12(16)9-15-19(17,18)11-4-2-3-10(7-11)8-13/h2-7,15H,8-9,13H2,1H3. The average molecular weight is 280 g/mol. The van der Waals surface area contributed by atoms with Gasteiger partial charge in [-0.2, -0.15) is 0 Å². The minimum absolute atomic E-state index is 0.151. The smallest absolute Gasteiger partial charge is 0.240 e. The Kier molecular flexibility index (Phi) is 3.98. The van der Waals surface area contributed by atoms with Crippen molar-refractivity contribution < 1.29 is 8.42 Å². The normalized spacial score (nSPS) is 11.7. The van der Waals surface area contributed by atoms with E-state index < -0.39 is 10.0 Å². The van der Waals surface area contributed by atoms with Crippen molar-refractivity contribution >= 4 is 10.0 Å². The minimum Gasteiger partial charge on any atom is -0.337 e. The van der Waals surface area contributed by atoms with Crippen LogP contribution in [0, 0.1) is 0 Å². The second-order valence-electron chi connectivity index (χ2n) is 4.13. The second-order valence-corrected chi connectivity index (χ2v) is 5.90. The van der Waals surface area contributed by atoms with Crippen LogP contribution < -0.4 is 10.5 Å². The third-order valence-electron chi connectivity index (χ3n) is 2.79. The van der Waals surface area contributed by atoms with Gasteiger partial charge < -0.3 is 10.3 Å². The summed E-state index contributed by atoms with van der Waals surface area (Å²) in [4.78, 5) is 4.27. The molecule has 2 aromatic rings. The molecule has 0 aliphatic rings. The first-order valence-electron chi connectivity index (χ1n) is 5.78. The van der Waals surface area contributed by atoms with Gasteiger partial charge in [0.05, 0.1) is 11.4 Å². The molecule has 0 radical (unpaired) electrons. The molecule has 2 rings (SSSR count). The molecule has 0 atom stereocenters. The predicted octanol–water partition coefficient (Wildman–Crippen LogP) is 0.357. The van der Waals surface area contributed by atoms with Gasteiger partial charge in [-0.15, -0.1) is 0 Å². The minimum atomic E-state index is -3.54. The molecule has 0 saturated carbocycles. The van der Waals surface area contributed by atoms with E-state index in [-0.39, 0.29) is 11.4 Å². The number of benzene rings is 1. The maximum absolute atomic E-state index is 12.1. The average Bonchev–Trinajstić information content (AvgIpc) is 2.82. The number of sulfonamides is 1. The van der Waals surface area contributed by atoms with Crippen LogP contribution in [-0.4, -0.2) is 18.0 Å². The number of aromatic nitrogens is 2. The van der Waals surface area contributed by atoms with Gasteiger partial charge in [-0.25, -0.2) is 18.1 Å². The second kappa shape index (κ2) is 5.52. The zero-order chi connectivity index (χ0) is 13.9. The van der Waals surface area contributed by atoms with Crippen LogP contribution in [0.15, 0.2) is 41.6 Å². The maximum Gasteiger partial charge on any atom is 0.240 e. The molecular weight excluding hydrogens is 264 g/mol. The van der Waals surface area contributed by atoms with Crippen molar-refractivity contribution in [1.29, 1.82) is 0 Å². The topological polar surface area (TPSA) is 90.0 Å². The molecule has 0 saturated heterocycles. The highest BCUT2D eigenvalue weighted by atomic mass is 32.2. The van der Waals surface area contributed by atoms with Crippen LogP contribution in [-0.2, 0) is 30.2 Å². The first kappa shape index (κ1) is 13.7. The summed E-state index contributed by atoms with van der Waals surface area (Å²) < 4.78 is 28.5. The van der Waals surface area contributed by atoms with E-state index in [9.17, 15) is 8.42 Å². The Bertz CT molecular complexity index is 664. The number of imidazole rings is 1. The predicted molar refractivity (Wildman–Crippen MR) is 71.6 cm³/mol. The Morgan fingerprint density at radius 2 is 2.21 bits per heavy atom. The van der Waals surface area contributed by atoms with E-state index in [1.807, 2.05) is 7.05 Å². The largest absolute Gasteiger partial charge is 0.337 e. The number of nitrogens with two attached hydrogens (primary N) is 1. The Morgan fingerprint density at radius 3 is 2.84 bits per heavy atom. The molecule has 0 bridgehead atoms. The molecule has 0 unspecified atom stereocenters. The van der Waals surface area contributed by atoms with Crippen molar-refractivity contribution in [3.8, 4) is 0 Å². The molecule has 7 heteroatoms. The molecule has 0 fully saturated rings. The van der Waals surface area contributed by atoms with Crippen molar-refractivity contribution in [3.05, 3.63) is 48.0 Å². The molecular formula is C12H16N4O2S. The molecule has 0 spiro atoms. The monoisotopic (exact) mass is 280 g/mol. The fourth-order valence-corrected chi connectivity index (χ4v) is 2.70. The zero-order valence-corrected chi connectivity index (χ0v) is 11.4. The van der Waals surface area contributed by atoms with Crippen LogP contribution in [0.4, 0.5) is 0 Å². The molecule has 102 valence electrons. The van der Waals surface area contributed by atoms with Crippen LogP contribution in [0.5, 0.6) is 0 Å². The van der Waals surface area contributed by atoms with Gasteiger partial charge in [0.25, 0.3) is 0 Å². The number of nitrogens with zero attached hydrogens (tertiary/aromatic N) is 2. The molecule has 1 aromatic heterocycles. The van der Waals surface area contributed by atoms with E-state index in [0.717, 1.165) is 5.56 Å². The first-order chi connectivity index (χ1) is 9.03. The summed E-state index contributed by atoms with van der Waals surface area (Å²) >= 11 is 0. The number of aryl methyl sites for hydroxylation is 1. The number of nitrogens with one attached hydrogen (secondary N) is 1. The van der Waals surface area contributed by atoms with Crippen molar-refractivity contribution in [2.75, 3.05) is 0 Å². The van der Waals surface area contributed by atoms with E-state index in [0.29, 0.717) is 12.4 Å². The highest BCUT2D eigenvalue weighted by molar-refractivity contribution is 7.89. The van der Waals surface area contributed by atoms with E-state index in [1.165, 1.54) is 0 Å². The van der Waals surface area contributed by atoms with Crippen LogP contribution >= 0.6 is 0 Å². The lowest BCUT2D eigenvalue weighted by Gasteiger charge is -2.08. The molecule has 0 aliphatic carbocycles. The lowest BCUT2D eigenvalue weighted by Crippen LogP contribution is -2.24. The Morgan fingerprint density at radius 1 is 1.42 bits per heavy atom. The Labute approximate surface area is 112 Å². The van der Waals surface area contributed by atoms with E-state index in [4.69, 9.17) is 5.73 Å². The third kappa shape index (κ3) is 3.19. The third-order valence-corrected chi connectivity index (χ3v) is 4.18. The fourth-order valence-electron chi connectivity index (χ4n) is 1.65. The van der Waals surface area contributed by atoms with Crippen molar-refractivity contribution in [3.63, 3.8) is 0 Å². The summed E-state index contributed by atoms with van der Waals surface area (Å²) in [6, 6.07) is 6.58. The molecule has 19 heavy (non-hydrogen) atoms. The molecule has 3 N–H and O–H groups in total. The molecule has 0 aliphatic heterocycles. The van der Waals surface area contributed by atoms with Crippen molar-refractivity contribution in [2.24, 2.45) is 12.8 Å². The van der Waals surface area contributed by atoms with Gasteiger partial charge in [0.15, 0.2) is 0 Å². The molecule has 1 heterocycles. The highest BCUT2D eigenvalue weighted by Gasteiger charge is 2.14. The van der Waals surface area contributed by atoms with E-state index in [1.54, 1.807) is 41.2 Å². The van der Waals surface area contributed by atoms with Gasteiger partial charge in [0, 0.05) is 26.0 Å². The van der Waals surface area contributed by atoms with Crippen LogP contribution in [0.1, 0.15) is 11.4 Å². The van der Waals surface area contributed by atoms with Gasteiger partial charge >= 0.3 is 0 Å². The number of hydrogen-bond donors (Lipinski definition) is 2. The van der Waals surface area contributed by atoms with Crippen LogP contribution in [0.3, 0.4) is 0 Å². The number of rotatable bonds is 5. The fraction of sp³-hybridized carbons (Fsp3) is 0.250. The SMILES string of the molecule is Cn1ccnc1CNS(=O)(=O)c1cccc(CN)c1. The van der Waals surface area contributed by atoms with E-state index in [2.05, 4.69) is 9.71 Å². The van der Waals surface area contributed by atoms with Gasteiger partial charge in [0.2, 0.25) is 10.0 Å². The van der Waals surface area contributed by atoms with Crippen molar-refractivity contribution in [2.45, 2.75) is 18.0 Å². The molecule has 1 aromatic carbocycles. The Balaban J connectivity index is 2.16. The zero-order valence-electron chi connectivity index (χ0n) is 10.6. The summed E-state index contributed by atoms with van der Waals surface area (Å²) in [5.74, 6) is 0.651. The van der Waals surface area contributed by atoms with Gasteiger partial charge in [-0.3, -0.25) is 0 Å². The van der Waals surface area contributed by atoms with Gasteiger partial charge in [0.1, 0.15) is 5.82 Å². The van der Waals surface area contributed by atoms with Gasteiger partial charge in [-0.05, 0) is 17.7 Å². The highest BCUT2D eigenvalue weighted by Crippen LogP contribution is 2.11. The quantitative estimate of drug-likeness (QED) is 0.827. The summed E-state index contributed by atoms with van der Waals surface area (Å²) in [6.07, 6.45) is 3.39. The first-order valence-corrected chi connectivity index (χ1v) is 7.26. The van der Waals surface area contributed by atoms with E-state index >= 15 is 0 Å². The summed E-state index contributed by atoms with van der Waals surface area (Å²) in [5.41, 5.74) is 6.28. The summed E-state index contributed by atoms with van der Waals surface area (Å²) in [7, 11) is -1.73. The lowest BCUT2D eigenvalue weighted by atomic mass is 10.2. The van der Waals surface area contributed by atoms with Crippen LogP contribution in [0.2, 0.25) is 0 Å². The Hall–Kier alpha value is -1.70.